The zero-order valence-corrected chi connectivity index (χ0v) is 13.3. The van der Waals surface area contributed by atoms with Gasteiger partial charge < -0.3 is 5.32 Å². The minimum Gasteiger partial charge on any atom is -0.355 e. The summed E-state index contributed by atoms with van der Waals surface area (Å²) in [5.41, 5.74) is 0. The van der Waals surface area contributed by atoms with Gasteiger partial charge in [0.15, 0.2) is 0 Å². The smallest absolute Gasteiger partial charge is 0.242 e. The molecule has 0 aliphatic carbocycles. The van der Waals surface area contributed by atoms with E-state index in [2.05, 4.69) is 10.0 Å². The highest BCUT2D eigenvalue weighted by atomic mass is 35.5. The van der Waals surface area contributed by atoms with Crippen molar-refractivity contribution in [1.29, 1.82) is 0 Å². The normalized spacial score (nSPS) is 19.7. The Balaban J connectivity index is 1.89. The fourth-order valence-electron chi connectivity index (χ4n) is 2.30. The van der Waals surface area contributed by atoms with Crippen LogP contribution in [0, 0.1) is 0 Å². The van der Waals surface area contributed by atoms with E-state index in [9.17, 15) is 13.2 Å². The fraction of sp³-hybridized carbons (Fsp3) is 0.308. The molecule has 1 fully saturated rings. The topological polar surface area (TPSA) is 75.3 Å². The lowest BCUT2D eigenvalue weighted by Crippen LogP contribution is -2.47. The van der Waals surface area contributed by atoms with Gasteiger partial charge in [0.25, 0.3) is 0 Å². The number of halogens is 1. The lowest BCUT2D eigenvalue weighted by molar-refractivity contribution is -0.122. The summed E-state index contributed by atoms with van der Waals surface area (Å²) < 4.78 is 28.5. The number of sulfonamides is 1. The van der Waals surface area contributed by atoms with E-state index in [1.165, 1.54) is 11.3 Å². The van der Waals surface area contributed by atoms with Gasteiger partial charge in [-0.25, -0.2) is 13.1 Å². The third kappa shape index (κ3) is 3.06. The van der Waals surface area contributed by atoms with Crippen molar-refractivity contribution in [2.24, 2.45) is 0 Å². The first kappa shape index (κ1) is 14.8. The number of carbonyl (C=O) groups is 1. The minimum absolute atomic E-state index is 0.0433. The predicted molar refractivity (Wildman–Crippen MR) is 83.2 cm³/mol. The molecular formula is C13H13ClN2O3S2. The van der Waals surface area contributed by atoms with Gasteiger partial charge in [0.05, 0.1) is 0 Å². The van der Waals surface area contributed by atoms with Crippen LogP contribution in [0.4, 0.5) is 0 Å². The maximum Gasteiger partial charge on any atom is 0.242 e. The Labute approximate surface area is 131 Å². The molecule has 2 heterocycles. The van der Waals surface area contributed by atoms with Crippen LogP contribution in [0.2, 0.25) is 5.02 Å². The lowest BCUT2D eigenvalue weighted by Gasteiger charge is -2.23. The quantitative estimate of drug-likeness (QED) is 0.895. The predicted octanol–water partition coefficient (Wildman–Crippen LogP) is 2.11. The molecular weight excluding hydrogens is 332 g/mol. The molecule has 1 atom stereocenters. The molecule has 8 heteroatoms. The van der Waals surface area contributed by atoms with Gasteiger partial charge >= 0.3 is 0 Å². The molecule has 112 valence electrons. The Morgan fingerprint density at radius 1 is 1.38 bits per heavy atom. The summed E-state index contributed by atoms with van der Waals surface area (Å²) >= 11 is 7.31. The van der Waals surface area contributed by atoms with Crippen LogP contribution in [-0.4, -0.2) is 26.9 Å². The van der Waals surface area contributed by atoms with Crippen LogP contribution >= 0.6 is 22.9 Å². The molecule has 1 saturated heterocycles. The summed E-state index contributed by atoms with van der Waals surface area (Å²) in [6.07, 6.45) is 0.845. The van der Waals surface area contributed by atoms with Crippen LogP contribution in [0.25, 0.3) is 10.1 Å². The lowest BCUT2D eigenvalue weighted by atomic mass is 10.1. The third-order valence-electron chi connectivity index (χ3n) is 3.38. The van der Waals surface area contributed by atoms with Crippen molar-refractivity contribution in [3.8, 4) is 0 Å². The Morgan fingerprint density at radius 2 is 2.19 bits per heavy atom. The van der Waals surface area contributed by atoms with Gasteiger partial charge in [-0.05, 0) is 24.6 Å². The average molecular weight is 345 g/mol. The molecule has 1 aromatic carbocycles. The van der Waals surface area contributed by atoms with Crippen molar-refractivity contribution < 1.29 is 13.2 Å². The molecule has 0 radical (unpaired) electrons. The number of hydrogen-bond acceptors (Lipinski definition) is 4. The average Bonchev–Trinajstić information content (AvgIpc) is 2.85. The first-order valence-corrected chi connectivity index (χ1v) is 9.15. The van der Waals surface area contributed by atoms with Crippen LogP contribution in [-0.2, 0) is 14.8 Å². The first-order valence-electron chi connectivity index (χ1n) is 6.41. The zero-order chi connectivity index (χ0) is 15.0. The standard InChI is InChI=1S/C13H13ClN2O3S2/c14-8-1-3-11-10(5-8)12(7-20-11)21(18,19)16-9-2-4-13(17)15-6-9/h1,3,5,7,9,16H,2,4,6H2,(H,15,17)/t9-/m0/s1. The van der Waals surface area contributed by atoms with E-state index in [4.69, 9.17) is 11.6 Å². The highest BCUT2D eigenvalue weighted by Gasteiger charge is 2.26. The molecule has 1 aromatic heterocycles. The Bertz CT molecular complexity index is 791. The van der Waals surface area contributed by atoms with Crippen molar-refractivity contribution in [3.05, 3.63) is 28.6 Å². The second kappa shape index (κ2) is 5.57. The molecule has 5 nitrogen and oxygen atoms in total. The van der Waals surface area contributed by atoms with Crippen LogP contribution in [0.15, 0.2) is 28.5 Å². The van der Waals surface area contributed by atoms with E-state index in [0.717, 1.165) is 4.70 Å². The zero-order valence-electron chi connectivity index (χ0n) is 10.9. The van der Waals surface area contributed by atoms with Gasteiger partial charge in [0.1, 0.15) is 4.90 Å². The molecule has 1 aliphatic rings. The fourth-order valence-corrected chi connectivity index (χ4v) is 5.22. The number of fused-ring (bicyclic) bond motifs is 1. The summed E-state index contributed by atoms with van der Waals surface area (Å²) in [5, 5.41) is 5.40. The molecule has 3 rings (SSSR count). The highest BCUT2D eigenvalue weighted by molar-refractivity contribution is 7.90. The summed E-state index contributed by atoms with van der Waals surface area (Å²) in [6.45, 7) is 0.320. The maximum atomic E-state index is 12.5. The van der Waals surface area contributed by atoms with Gasteiger partial charge in [-0.15, -0.1) is 11.3 Å². The van der Waals surface area contributed by atoms with E-state index in [1.807, 2.05) is 6.07 Å². The number of piperidine rings is 1. The van der Waals surface area contributed by atoms with Gasteiger partial charge in [-0.2, -0.15) is 0 Å². The Hall–Kier alpha value is -1.15. The molecule has 1 aliphatic heterocycles. The first-order chi connectivity index (χ1) is 9.95. The molecule has 1 amide bonds. The number of carbonyl (C=O) groups excluding carboxylic acids is 1. The van der Waals surface area contributed by atoms with Crippen LogP contribution in [0.3, 0.4) is 0 Å². The van der Waals surface area contributed by atoms with Gasteiger partial charge in [-0.1, -0.05) is 11.6 Å². The number of rotatable bonds is 3. The van der Waals surface area contributed by atoms with E-state index < -0.39 is 10.0 Å². The SMILES string of the molecule is O=C1CC[C@H](NS(=O)(=O)c2csc3ccc(Cl)cc23)CN1. The second-order valence-electron chi connectivity index (χ2n) is 4.90. The molecule has 2 N–H and O–H groups in total. The van der Waals surface area contributed by atoms with Crippen LogP contribution in [0.5, 0.6) is 0 Å². The Kier molecular flexibility index (Phi) is 3.92. The highest BCUT2D eigenvalue weighted by Crippen LogP contribution is 2.31. The number of amides is 1. The Morgan fingerprint density at radius 3 is 2.90 bits per heavy atom. The number of benzene rings is 1. The third-order valence-corrected chi connectivity index (χ3v) is 6.29. The number of hydrogen-bond donors (Lipinski definition) is 2. The summed E-state index contributed by atoms with van der Waals surface area (Å²) in [4.78, 5) is 11.4. The van der Waals surface area contributed by atoms with E-state index in [0.29, 0.717) is 29.8 Å². The molecule has 0 spiro atoms. The van der Waals surface area contributed by atoms with E-state index >= 15 is 0 Å². The van der Waals surface area contributed by atoms with Crippen molar-refractivity contribution >= 4 is 49.0 Å². The number of nitrogens with one attached hydrogen (secondary N) is 2. The van der Waals surface area contributed by atoms with E-state index in [-0.39, 0.29) is 16.8 Å². The molecule has 0 unspecified atom stereocenters. The second-order valence-corrected chi connectivity index (χ2v) is 7.93. The summed E-state index contributed by atoms with van der Waals surface area (Å²) in [5.74, 6) is -0.0433. The summed E-state index contributed by atoms with van der Waals surface area (Å²) in [7, 11) is -3.63. The number of thiophene rings is 1. The molecule has 2 aromatic rings. The van der Waals surface area contributed by atoms with Crippen molar-refractivity contribution in [1.82, 2.24) is 10.0 Å². The minimum atomic E-state index is -3.63. The van der Waals surface area contributed by atoms with Crippen LogP contribution in [0.1, 0.15) is 12.8 Å². The van der Waals surface area contributed by atoms with Crippen molar-refractivity contribution in [2.45, 2.75) is 23.8 Å². The van der Waals surface area contributed by atoms with Gasteiger partial charge in [0.2, 0.25) is 15.9 Å². The largest absolute Gasteiger partial charge is 0.355 e. The van der Waals surface area contributed by atoms with Crippen molar-refractivity contribution in [2.75, 3.05) is 6.54 Å². The van der Waals surface area contributed by atoms with Crippen LogP contribution < -0.4 is 10.0 Å². The van der Waals surface area contributed by atoms with Crippen molar-refractivity contribution in [3.63, 3.8) is 0 Å². The monoisotopic (exact) mass is 344 g/mol. The molecule has 21 heavy (non-hydrogen) atoms. The van der Waals surface area contributed by atoms with E-state index in [1.54, 1.807) is 17.5 Å². The van der Waals surface area contributed by atoms with Gasteiger partial charge in [-0.3, -0.25) is 4.79 Å². The maximum absolute atomic E-state index is 12.5. The van der Waals surface area contributed by atoms with Gasteiger partial charge in [0, 0.05) is 39.5 Å². The molecule has 0 saturated carbocycles. The summed E-state index contributed by atoms with van der Waals surface area (Å²) in [6, 6.07) is 4.93. The molecule has 0 bridgehead atoms.